The molecule has 0 radical (unpaired) electrons. The first-order valence-electron chi connectivity index (χ1n) is 10.5. The zero-order valence-electron chi connectivity index (χ0n) is 18.1. The van der Waals surface area contributed by atoms with Gasteiger partial charge in [0.05, 0.1) is 23.0 Å². The molecule has 1 saturated heterocycles. The van der Waals surface area contributed by atoms with Crippen LogP contribution in [0.4, 0.5) is 5.69 Å². The van der Waals surface area contributed by atoms with Gasteiger partial charge in [-0.25, -0.2) is 9.97 Å². The van der Waals surface area contributed by atoms with E-state index < -0.39 is 8.07 Å². The van der Waals surface area contributed by atoms with Crippen molar-refractivity contribution in [1.82, 2.24) is 19.9 Å². The number of phenols is 1. The first-order valence-corrected chi connectivity index (χ1v) is 14.0. The van der Waals surface area contributed by atoms with Gasteiger partial charge >= 0.3 is 0 Å². The van der Waals surface area contributed by atoms with Crippen LogP contribution in [0.25, 0.3) is 22.6 Å². The second-order valence-electron chi connectivity index (χ2n) is 8.98. The fourth-order valence-corrected chi connectivity index (χ4v) is 4.18. The molecule has 3 aromatic rings. The van der Waals surface area contributed by atoms with E-state index in [1.165, 1.54) is 6.42 Å². The highest BCUT2D eigenvalue weighted by atomic mass is 28.3. The fourth-order valence-electron chi connectivity index (χ4n) is 3.66. The van der Waals surface area contributed by atoms with Crippen LogP contribution in [-0.4, -0.2) is 46.8 Å². The topological polar surface area (TPSA) is 75.0 Å². The molecule has 7 heteroatoms. The van der Waals surface area contributed by atoms with Crippen molar-refractivity contribution in [3.8, 4) is 28.6 Å². The van der Waals surface area contributed by atoms with E-state index in [1.54, 1.807) is 6.07 Å². The van der Waals surface area contributed by atoms with Crippen LogP contribution in [0.3, 0.4) is 0 Å². The Morgan fingerprint density at radius 2 is 2.10 bits per heavy atom. The molecule has 0 unspecified atom stereocenters. The van der Waals surface area contributed by atoms with Crippen LogP contribution in [-0.2, 0) is 7.05 Å². The average molecular weight is 420 g/mol. The van der Waals surface area contributed by atoms with Gasteiger partial charge in [0.2, 0.25) is 0 Å². The van der Waals surface area contributed by atoms with Crippen molar-refractivity contribution in [1.29, 1.82) is 0 Å². The monoisotopic (exact) mass is 419 g/mol. The number of nitrogens with zero attached hydrogens (tertiary/aromatic N) is 3. The molecule has 1 aliphatic rings. The fraction of sp³-hybridized carbons (Fsp3) is 0.391. The van der Waals surface area contributed by atoms with E-state index in [0.29, 0.717) is 23.1 Å². The van der Waals surface area contributed by atoms with Gasteiger partial charge in [0.1, 0.15) is 19.6 Å². The largest absolute Gasteiger partial charge is 0.507 e. The van der Waals surface area contributed by atoms with Crippen LogP contribution in [0.1, 0.15) is 18.4 Å². The minimum Gasteiger partial charge on any atom is -0.507 e. The second kappa shape index (κ2) is 8.13. The highest BCUT2D eigenvalue weighted by Crippen LogP contribution is 2.31. The Bertz CT molecular complexity index is 1130. The number of aryl methyl sites for hydroxylation is 1. The van der Waals surface area contributed by atoms with Crippen molar-refractivity contribution in [2.75, 3.05) is 18.4 Å². The number of nitrogens with one attached hydrogen (secondary N) is 2. The highest BCUT2D eigenvalue weighted by molar-refractivity contribution is 6.83. The molecule has 2 aromatic heterocycles. The average Bonchev–Trinajstić information content (AvgIpc) is 3.03. The molecule has 3 N–H and O–H groups in total. The molecule has 3 heterocycles. The Balaban J connectivity index is 1.64. The minimum atomic E-state index is -1.47. The van der Waals surface area contributed by atoms with Crippen LogP contribution >= 0.6 is 0 Å². The van der Waals surface area contributed by atoms with Crippen LogP contribution in [0.2, 0.25) is 19.6 Å². The maximum atomic E-state index is 10.6. The third-order valence-corrected chi connectivity index (χ3v) is 6.10. The van der Waals surface area contributed by atoms with Crippen molar-refractivity contribution in [3.05, 3.63) is 36.0 Å². The SMILES string of the molecule is Cn1c(-c2ccc(C#C[Si](C)(C)C)cc2O)nc2ncc(N[C@@H]3CCCNC3)cc21. The van der Waals surface area contributed by atoms with Crippen molar-refractivity contribution in [2.45, 2.75) is 38.5 Å². The molecule has 6 nitrogen and oxygen atoms in total. The molecule has 1 aliphatic heterocycles. The van der Waals surface area contributed by atoms with Crippen LogP contribution in [0.5, 0.6) is 5.75 Å². The first kappa shape index (κ1) is 20.4. The summed E-state index contributed by atoms with van der Waals surface area (Å²) in [6.07, 6.45) is 4.17. The summed E-state index contributed by atoms with van der Waals surface area (Å²) >= 11 is 0. The summed E-state index contributed by atoms with van der Waals surface area (Å²) < 4.78 is 1.98. The minimum absolute atomic E-state index is 0.183. The molecule has 1 fully saturated rings. The molecule has 1 atom stereocenters. The van der Waals surface area contributed by atoms with Crippen molar-refractivity contribution < 1.29 is 5.11 Å². The summed E-state index contributed by atoms with van der Waals surface area (Å²) in [5, 5.41) is 17.6. The maximum absolute atomic E-state index is 10.6. The summed E-state index contributed by atoms with van der Waals surface area (Å²) in [5.74, 6) is 4.06. The number of hydrogen-bond donors (Lipinski definition) is 3. The normalized spacial score (nSPS) is 16.9. The van der Waals surface area contributed by atoms with Crippen molar-refractivity contribution in [2.24, 2.45) is 7.05 Å². The van der Waals surface area contributed by atoms with Gasteiger partial charge < -0.3 is 20.3 Å². The number of imidazole rings is 1. The second-order valence-corrected chi connectivity index (χ2v) is 13.7. The van der Waals surface area contributed by atoms with Crippen LogP contribution in [0.15, 0.2) is 30.5 Å². The number of rotatable bonds is 3. The Morgan fingerprint density at radius 3 is 2.80 bits per heavy atom. The lowest BCUT2D eigenvalue weighted by atomic mass is 10.1. The number of aromatic nitrogens is 3. The van der Waals surface area contributed by atoms with Gasteiger partial charge in [-0.1, -0.05) is 25.6 Å². The number of anilines is 1. The molecule has 1 aromatic carbocycles. The van der Waals surface area contributed by atoms with E-state index >= 15 is 0 Å². The Hall–Kier alpha value is -2.82. The molecule has 4 rings (SSSR count). The van der Waals surface area contributed by atoms with Gasteiger partial charge in [0, 0.05) is 25.2 Å². The summed E-state index contributed by atoms with van der Waals surface area (Å²) in [7, 11) is 0.490. The number of benzene rings is 1. The lowest BCUT2D eigenvalue weighted by Crippen LogP contribution is -2.38. The lowest BCUT2D eigenvalue weighted by molar-refractivity contribution is 0.476. The standard InChI is InChI=1S/C23H29N5OSi/c1-28-20-13-18(26-17-6-5-10-24-14-17)15-25-22(20)27-23(28)19-8-7-16(12-21(19)29)9-11-30(2,3)4/h7-8,12-13,15,17,24,26,29H,5-6,10,14H2,1-4H3/t17-/m1/s1. The molecule has 0 spiro atoms. The number of aromatic hydroxyl groups is 1. The maximum Gasteiger partial charge on any atom is 0.178 e. The number of piperidine rings is 1. The van der Waals surface area contributed by atoms with Gasteiger partial charge in [-0.2, -0.15) is 0 Å². The third-order valence-electron chi connectivity index (χ3n) is 5.23. The molecule has 0 aliphatic carbocycles. The van der Waals surface area contributed by atoms with Gasteiger partial charge in [0.25, 0.3) is 0 Å². The third kappa shape index (κ3) is 4.50. The van der Waals surface area contributed by atoms with E-state index in [4.69, 9.17) is 0 Å². The zero-order valence-corrected chi connectivity index (χ0v) is 19.1. The van der Waals surface area contributed by atoms with Gasteiger partial charge in [-0.05, 0) is 43.7 Å². The van der Waals surface area contributed by atoms with E-state index in [9.17, 15) is 5.11 Å². The molecule has 0 bridgehead atoms. The van der Waals surface area contributed by atoms with Crippen molar-refractivity contribution >= 4 is 24.9 Å². The predicted molar refractivity (Wildman–Crippen MR) is 125 cm³/mol. The van der Waals surface area contributed by atoms with E-state index in [0.717, 1.165) is 36.3 Å². The van der Waals surface area contributed by atoms with Gasteiger partial charge in [-0.15, -0.1) is 5.54 Å². The molecule has 0 amide bonds. The number of phenolic OH excluding ortho intramolecular Hbond substituents is 1. The Labute approximate surface area is 178 Å². The zero-order chi connectivity index (χ0) is 21.3. The van der Waals surface area contributed by atoms with E-state index in [-0.39, 0.29) is 5.75 Å². The Kier molecular flexibility index (Phi) is 5.54. The van der Waals surface area contributed by atoms with E-state index in [1.807, 2.05) is 29.9 Å². The molecular weight excluding hydrogens is 390 g/mol. The number of pyridine rings is 1. The first-order chi connectivity index (χ1) is 14.3. The number of fused-ring (bicyclic) bond motifs is 1. The smallest absolute Gasteiger partial charge is 0.178 e. The van der Waals surface area contributed by atoms with E-state index in [2.05, 4.69) is 57.8 Å². The quantitative estimate of drug-likeness (QED) is 0.445. The predicted octanol–water partition coefficient (Wildman–Crippen LogP) is 3.73. The highest BCUT2D eigenvalue weighted by Gasteiger charge is 2.17. The summed E-state index contributed by atoms with van der Waals surface area (Å²) in [6.45, 7) is 8.67. The molecule has 156 valence electrons. The Morgan fingerprint density at radius 1 is 1.27 bits per heavy atom. The molecule has 30 heavy (non-hydrogen) atoms. The van der Waals surface area contributed by atoms with Crippen LogP contribution in [0, 0.1) is 11.5 Å². The summed E-state index contributed by atoms with van der Waals surface area (Å²) in [6, 6.07) is 8.05. The molecular formula is C23H29N5OSi. The summed E-state index contributed by atoms with van der Waals surface area (Å²) in [5.41, 5.74) is 7.43. The lowest BCUT2D eigenvalue weighted by Gasteiger charge is -2.24. The van der Waals surface area contributed by atoms with Gasteiger partial charge in [-0.3, -0.25) is 0 Å². The van der Waals surface area contributed by atoms with Gasteiger partial charge in [0.15, 0.2) is 5.65 Å². The van der Waals surface area contributed by atoms with Crippen LogP contribution < -0.4 is 10.6 Å². The summed E-state index contributed by atoms with van der Waals surface area (Å²) in [4.78, 5) is 9.21. The van der Waals surface area contributed by atoms with Crippen molar-refractivity contribution in [3.63, 3.8) is 0 Å². The number of hydrogen-bond acceptors (Lipinski definition) is 5. The molecule has 0 saturated carbocycles.